The first kappa shape index (κ1) is 56.0. The van der Waals surface area contributed by atoms with Crippen molar-refractivity contribution in [3.05, 3.63) is 60.2 Å². The fourth-order valence-corrected chi connectivity index (χ4v) is 9.21. The van der Waals surface area contributed by atoms with Crippen LogP contribution >= 0.6 is 0 Å². The molecule has 2 fully saturated rings. The summed E-state index contributed by atoms with van der Waals surface area (Å²) in [6.07, 6.45) is -3.37. The van der Waals surface area contributed by atoms with E-state index in [1.54, 1.807) is 20.8 Å². The Bertz CT molecular complexity index is 1800. The van der Waals surface area contributed by atoms with E-state index in [9.17, 15) is 24.9 Å². The summed E-state index contributed by atoms with van der Waals surface area (Å²) >= 11 is 0. The molecule has 0 saturated carbocycles. The summed E-state index contributed by atoms with van der Waals surface area (Å²) < 4.78 is 36.6. The zero-order chi connectivity index (χ0) is 49.3. The number of carbonyl (C=O) groups is 2. The van der Waals surface area contributed by atoms with Gasteiger partial charge >= 0.3 is 5.97 Å². The quantitative estimate of drug-likeness (QED) is 0.0455. The monoisotopic (exact) mass is 943 g/mol. The van der Waals surface area contributed by atoms with E-state index in [0.717, 1.165) is 37.4 Å². The average molecular weight is 943 g/mol. The van der Waals surface area contributed by atoms with Crippen LogP contribution in [-0.2, 0) is 44.7 Å². The van der Waals surface area contributed by atoms with Crippen LogP contribution < -0.4 is 15.4 Å². The van der Waals surface area contributed by atoms with E-state index in [4.69, 9.17) is 33.3 Å². The molecule has 16 heteroatoms. The number of nitrogens with zero attached hydrogens (tertiary/aromatic N) is 2. The number of aliphatic hydroxyl groups excluding tert-OH is 2. The summed E-state index contributed by atoms with van der Waals surface area (Å²) in [5.41, 5.74) is -1.53. The third-order valence-electron chi connectivity index (χ3n) is 13.4. The Balaban J connectivity index is 1.34. The van der Waals surface area contributed by atoms with Crippen molar-refractivity contribution in [3.63, 3.8) is 0 Å². The highest BCUT2D eigenvalue weighted by atomic mass is 16.7. The van der Waals surface area contributed by atoms with Crippen LogP contribution in [0.2, 0.25) is 0 Å². The predicted molar refractivity (Wildman–Crippen MR) is 257 cm³/mol. The Morgan fingerprint density at radius 3 is 2.13 bits per heavy atom. The smallest absolute Gasteiger partial charge is 0.316 e. The van der Waals surface area contributed by atoms with Gasteiger partial charge in [0.05, 0.1) is 29.6 Å². The molecule has 2 aromatic carbocycles. The van der Waals surface area contributed by atoms with Gasteiger partial charge in [-0.25, -0.2) is 0 Å². The molecule has 0 amide bonds. The standard InChI is InChI=1S/C51H82N4O12/c1-12-42-51(8,60)46(58)35(4)43(54-63-29-26-52-24-16-27-62-28-17-25-53-32-38-20-22-40(23-21-38)65-39-18-14-13-15-19-39)33(2)31-50(7,61-11)47(36(5)44(56)37(6)48(59)66-42)67-49-45(57)41(55(9)10)30-34(3)64-49/h13-15,18-23,33-37,41-42,45-47,49,52-53,57-58,60H,12,16-17,24-32H2,1-11H3/b54-43+/t33-,34-,35+,36+,37-,41+,42-,45-,46-,47-,49+,50+,51-/m1/s1. The van der Waals surface area contributed by atoms with Crippen molar-refractivity contribution in [1.82, 2.24) is 15.5 Å². The highest BCUT2D eigenvalue weighted by Crippen LogP contribution is 2.39. The number of ketones is 1. The van der Waals surface area contributed by atoms with Gasteiger partial charge in [0.15, 0.2) is 12.1 Å². The molecular weight excluding hydrogens is 861 g/mol. The lowest BCUT2D eigenvalue weighted by Gasteiger charge is -2.47. The lowest BCUT2D eigenvalue weighted by molar-refractivity contribution is -0.295. The number of carbonyl (C=O) groups excluding carboxylic acids is 2. The summed E-state index contributed by atoms with van der Waals surface area (Å²) in [5, 5.41) is 46.6. The lowest BCUT2D eigenvalue weighted by atomic mass is 9.74. The zero-order valence-corrected chi connectivity index (χ0v) is 41.9. The van der Waals surface area contributed by atoms with E-state index in [1.807, 2.05) is 82.2 Å². The molecule has 0 aromatic heterocycles. The number of esters is 1. The van der Waals surface area contributed by atoms with Crippen LogP contribution in [0.15, 0.2) is 59.8 Å². The van der Waals surface area contributed by atoms with E-state index in [2.05, 4.69) is 27.9 Å². The summed E-state index contributed by atoms with van der Waals surface area (Å²) in [6.45, 7) is 18.0. The third kappa shape index (κ3) is 16.0. The number of Topliss-reactive ketones (excluding diaryl/α,β-unsaturated/α-hetero) is 1. The minimum atomic E-state index is -1.92. The lowest BCUT2D eigenvalue weighted by Crippen LogP contribution is -2.60. The Labute approximate surface area is 399 Å². The molecule has 2 saturated heterocycles. The van der Waals surface area contributed by atoms with Gasteiger partial charge in [-0.3, -0.25) is 9.59 Å². The molecule has 13 atom stereocenters. The molecule has 2 aliphatic heterocycles. The van der Waals surface area contributed by atoms with E-state index >= 15 is 0 Å². The maximum atomic E-state index is 14.2. The van der Waals surface area contributed by atoms with Gasteiger partial charge in [-0.15, -0.1) is 0 Å². The Morgan fingerprint density at radius 2 is 1.51 bits per heavy atom. The second-order valence-corrected chi connectivity index (χ2v) is 19.1. The molecule has 67 heavy (non-hydrogen) atoms. The van der Waals surface area contributed by atoms with Crippen molar-refractivity contribution in [2.24, 2.45) is 28.8 Å². The largest absolute Gasteiger partial charge is 0.459 e. The summed E-state index contributed by atoms with van der Waals surface area (Å²) in [6, 6.07) is 17.5. The molecule has 0 aliphatic carbocycles. The van der Waals surface area contributed by atoms with Crippen molar-refractivity contribution >= 4 is 17.5 Å². The van der Waals surface area contributed by atoms with Crippen LogP contribution in [-0.4, -0.2) is 152 Å². The van der Waals surface area contributed by atoms with Crippen molar-refractivity contribution in [1.29, 1.82) is 0 Å². The molecule has 0 spiro atoms. The summed E-state index contributed by atoms with van der Waals surface area (Å²) in [7, 11) is 5.28. The number of oxime groups is 1. The van der Waals surface area contributed by atoms with Gasteiger partial charge in [-0.2, -0.15) is 0 Å². The molecule has 2 aliphatic rings. The number of methoxy groups -OCH3 is 1. The van der Waals surface area contributed by atoms with Gasteiger partial charge in [-0.05, 0) is 117 Å². The van der Waals surface area contributed by atoms with Crippen LogP contribution in [0.25, 0.3) is 0 Å². The van der Waals surface area contributed by atoms with Gasteiger partial charge < -0.3 is 64.1 Å². The molecule has 378 valence electrons. The van der Waals surface area contributed by atoms with Crippen LogP contribution in [0.5, 0.6) is 11.5 Å². The maximum absolute atomic E-state index is 14.2. The van der Waals surface area contributed by atoms with Gasteiger partial charge in [0, 0.05) is 57.2 Å². The van der Waals surface area contributed by atoms with Crippen LogP contribution in [0.1, 0.15) is 93.1 Å². The van der Waals surface area contributed by atoms with Gasteiger partial charge in [0.2, 0.25) is 0 Å². The molecular formula is C51H82N4O12. The minimum Gasteiger partial charge on any atom is -0.459 e. The third-order valence-corrected chi connectivity index (χ3v) is 13.4. The molecule has 0 radical (unpaired) electrons. The molecule has 0 bridgehead atoms. The van der Waals surface area contributed by atoms with Gasteiger partial charge in [-0.1, -0.05) is 63.2 Å². The van der Waals surface area contributed by atoms with Crippen molar-refractivity contribution < 1.29 is 58.2 Å². The number of rotatable bonds is 21. The first-order valence-corrected chi connectivity index (χ1v) is 24.2. The number of likely N-dealkylation sites (N-methyl/N-ethyl adjacent to an activating group) is 1. The van der Waals surface area contributed by atoms with Crippen molar-refractivity contribution in [2.45, 2.75) is 148 Å². The van der Waals surface area contributed by atoms with E-state index in [1.165, 1.54) is 26.5 Å². The number of cyclic esters (lactones) is 1. The molecule has 0 unspecified atom stereocenters. The number of ether oxygens (including phenoxy) is 6. The van der Waals surface area contributed by atoms with Gasteiger partial charge in [0.25, 0.3) is 0 Å². The normalized spacial score (nSPS) is 33.1. The molecule has 2 aromatic rings. The highest BCUT2D eigenvalue weighted by Gasteiger charge is 2.51. The number of hydrogen-bond acceptors (Lipinski definition) is 16. The Kier molecular flexibility index (Phi) is 22.6. The van der Waals surface area contributed by atoms with Crippen LogP contribution in [0.4, 0.5) is 0 Å². The topological polar surface area (TPSA) is 199 Å². The fourth-order valence-electron chi connectivity index (χ4n) is 9.21. The SMILES string of the molecule is CC[C@H]1OC(=O)[C@H](C)C(=O)[C@H](C)[C@@H](O[C@@H]2O[C@H](C)C[C@H](N(C)C)[C@H]2O)[C@@](C)(OC)C[C@@H](C)/C(=N\OCCNCCCOCCCNCc2ccc(Oc3ccccc3)cc2)[C@H](C)[C@@H](O)[C@]1(C)O. The second kappa shape index (κ2) is 27.0. The number of nitrogens with one attached hydrogen (secondary N) is 2. The number of para-hydroxylation sites is 1. The maximum Gasteiger partial charge on any atom is 0.316 e. The van der Waals surface area contributed by atoms with Crippen molar-refractivity contribution in [3.8, 4) is 11.5 Å². The summed E-state index contributed by atoms with van der Waals surface area (Å²) in [5.74, 6) is -3.11. The highest BCUT2D eigenvalue weighted by molar-refractivity contribution is 6.00. The number of benzene rings is 2. The van der Waals surface area contributed by atoms with Crippen LogP contribution in [0, 0.1) is 23.7 Å². The van der Waals surface area contributed by atoms with E-state index in [0.29, 0.717) is 38.4 Å². The number of aliphatic hydroxyl groups is 3. The van der Waals surface area contributed by atoms with Crippen molar-refractivity contribution in [2.75, 3.05) is 60.7 Å². The van der Waals surface area contributed by atoms with E-state index < -0.39 is 77.3 Å². The van der Waals surface area contributed by atoms with Gasteiger partial charge in [0.1, 0.15) is 41.8 Å². The molecule has 16 nitrogen and oxygen atoms in total. The Hall–Kier alpha value is -3.55. The minimum absolute atomic E-state index is 0.170. The van der Waals surface area contributed by atoms with E-state index in [-0.39, 0.29) is 31.6 Å². The summed E-state index contributed by atoms with van der Waals surface area (Å²) in [4.78, 5) is 35.7. The molecule has 2 heterocycles. The van der Waals surface area contributed by atoms with Crippen LogP contribution in [0.3, 0.4) is 0 Å². The zero-order valence-electron chi connectivity index (χ0n) is 41.9. The first-order valence-electron chi connectivity index (χ1n) is 24.2. The Morgan fingerprint density at radius 1 is 0.866 bits per heavy atom. The fraction of sp³-hybridized carbons (Fsp3) is 0.706. The second-order valence-electron chi connectivity index (χ2n) is 19.1. The first-order chi connectivity index (χ1) is 31.8. The number of hydrogen-bond donors (Lipinski definition) is 5. The predicted octanol–water partition coefficient (Wildman–Crippen LogP) is 5.49. The molecule has 5 N–H and O–H groups in total. The average Bonchev–Trinajstić information content (AvgIpc) is 3.31. The molecule has 4 rings (SSSR count).